The molecule has 0 saturated heterocycles. The van der Waals surface area contributed by atoms with Crippen LogP contribution in [0.5, 0.6) is 0 Å². The second-order valence-electron chi connectivity index (χ2n) is 1.95. The second-order valence-corrected chi connectivity index (χ2v) is 3.00. The summed E-state index contributed by atoms with van der Waals surface area (Å²) >= 11 is -1.71. The Hall–Kier alpha value is 0.0700. The van der Waals surface area contributed by atoms with Gasteiger partial charge in [-0.25, -0.2) is 4.21 Å². The van der Waals surface area contributed by atoms with E-state index >= 15 is 0 Å². The van der Waals surface area contributed by atoms with Gasteiger partial charge in [-0.1, -0.05) is 0 Å². The molecule has 0 aromatic carbocycles. The van der Waals surface area contributed by atoms with Gasteiger partial charge in [-0.3, -0.25) is 0 Å². The first kappa shape index (κ1) is 9.07. The van der Waals surface area contributed by atoms with Crippen molar-refractivity contribution in [2.24, 2.45) is 0 Å². The fourth-order valence-corrected chi connectivity index (χ4v) is 0.594. The van der Waals surface area contributed by atoms with Crippen molar-refractivity contribution in [3.63, 3.8) is 0 Å². The molecule has 1 atom stereocenters. The summed E-state index contributed by atoms with van der Waals surface area (Å²) in [6, 6.07) is 0. The SMILES string of the molecule is CC(C)OCCS(=O)O. The number of hydrogen-bond donors (Lipinski definition) is 1. The van der Waals surface area contributed by atoms with Crippen LogP contribution in [0.2, 0.25) is 0 Å². The normalized spacial score (nSPS) is 14.2. The highest BCUT2D eigenvalue weighted by atomic mass is 32.2. The van der Waals surface area contributed by atoms with Crippen molar-refractivity contribution in [1.29, 1.82) is 0 Å². The summed E-state index contributed by atoms with van der Waals surface area (Å²) in [5.41, 5.74) is 0. The maximum atomic E-state index is 10.0. The zero-order chi connectivity index (χ0) is 7.28. The Morgan fingerprint density at radius 3 is 2.56 bits per heavy atom. The van der Waals surface area contributed by atoms with Crippen LogP contribution in [-0.4, -0.2) is 27.2 Å². The molecule has 4 heteroatoms. The van der Waals surface area contributed by atoms with Gasteiger partial charge in [-0.2, -0.15) is 0 Å². The Morgan fingerprint density at radius 2 is 2.22 bits per heavy atom. The third-order valence-corrected chi connectivity index (χ3v) is 1.23. The van der Waals surface area contributed by atoms with E-state index in [-0.39, 0.29) is 11.9 Å². The van der Waals surface area contributed by atoms with Gasteiger partial charge in [0.2, 0.25) is 0 Å². The van der Waals surface area contributed by atoms with Gasteiger partial charge in [-0.15, -0.1) is 0 Å². The van der Waals surface area contributed by atoms with Crippen molar-refractivity contribution in [2.75, 3.05) is 12.4 Å². The van der Waals surface area contributed by atoms with E-state index in [4.69, 9.17) is 9.29 Å². The molecule has 0 aliphatic heterocycles. The predicted octanol–water partition coefficient (Wildman–Crippen LogP) is 0.633. The van der Waals surface area contributed by atoms with Gasteiger partial charge in [-0.05, 0) is 13.8 Å². The van der Waals surface area contributed by atoms with Crippen LogP contribution in [-0.2, 0) is 15.8 Å². The summed E-state index contributed by atoms with van der Waals surface area (Å²) in [7, 11) is 0. The van der Waals surface area contributed by atoms with Crippen molar-refractivity contribution in [3.05, 3.63) is 0 Å². The molecule has 0 heterocycles. The quantitative estimate of drug-likeness (QED) is 0.601. The van der Waals surface area contributed by atoms with Crippen molar-refractivity contribution in [2.45, 2.75) is 20.0 Å². The van der Waals surface area contributed by atoms with E-state index in [1.54, 1.807) is 0 Å². The zero-order valence-electron chi connectivity index (χ0n) is 5.66. The lowest BCUT2D eigenvalue weighted by Gasteiger charge is -2.03. The first-order valence-corrected chi connectivity index (χ1v) is 4.09. The van der Waals surface area contributed by atoms with Crippen LogP contribution in [0.15, 0.2) is 0 Å². The topological polar surface area (TPSA) is 46.5 Å². The lowest BCUT2D eigenvalue weighted by Crippen LogP contribution is -2.09. The Balaban J connectivity index is 3.01. The minimum absolute atomic E-state index is 0.147. The largest absolute Gasteiger partial charge is 0.378 e. The molecule has 0 aliphatic carbocycles. The Bertz CT molecular complexity index is 92.2. The monoisotopic (exact) mass is 152 g/mol. The summed E-state index contributed by atoms with van der Waals surface area (Å²) in [6.45, 7) is 4.14. The molecule has 3 nitrogen and oxygen atoms in total. The molecule has 0 aromatic heterocycles. The van der Waals surface area contributed by atoms with E-state index in [9.17, 15) is 4.21 Å². The maximum absolute atomic E-state index is 10.0. The highest BCUT2D eigenvalue weighted by Crippen LogP contribution is 1.86. The predicted molar refractivity (Wildman–Crippen MR) is 36.7 cm³/mol. The fourth-order valence-electron chi connectivity index (χ4n) is 0.355. The van der Waals surface area contributed by atoms with Gasteiger partial charge in [0.1, 0.15) is 0 Å². The molecule has 1 unspecified atom stereocenters. The van der Waals surface area contributed by atoms with Crippen LogP contribution in [0.4, 0.5) is 0 Å². The van der Waals surface area contributed by atoms with E-state index in [2.05, 4.69) is 0 Å². The third-order valence-electron chi connectivity index (χ3n) is 0.709. The number of hydrogen-bond acceptors (Lipinski definition) is 2. The summed E-state index contributed by atoms with van der Waals surface area (Å²) in [4.78, 5) is 0. The summed E-state index contributed by atoms with van der Waals surface area (Å²) in [5, 5.41) is 0. The van der Waals surface area contributed by atoms with Crippen molar-refractivity contribution < 1.29 is 13.5 Å². The minimum Gasteiger partial charge on any atom is -0.378 e. The van der Waals surface area contributed by atoms with E-state index in [1.165, 1.54) is 0 Å². The maximum Gasteiger partial charge on any atom is 0.155 e. The fraction of sp³-hybridized carbons (Fsp3) is 1.00. The summed E-state index contributed by atoms with van der Waals surface area (Å²) < 4.78 is 23.3. The molecule has 0 saturated carbocycles. The number of rotatable bonds is 4. The summed E-state index contributed by atoms with van der Waals surface area (Å²) in [5.74, 6) is 0.207. The molecule has 0 spiro atoms. The van der Waals surface area contributed by atoms with E-state index < -0.39 is 11.1 Å². The lowest BCUT2D eigenvalue weighted by atomic mass is 10.5. The molecule has 0 amide bonds. The average Bonchev–Trinajstić information content (AvgIpc) is 1.63. The van der Waals surface area contributed by atoms with Crippen LogP contribution in [0.25, 0.3) is 0 Å². The highest BCUT2D eigenvalue weighted by Gasteiger charge is 1.95. The molecular weight excluding hydrogens is 140 g/mol. The van der Waals surface area contributed by atoms with Gasteiger partial charge in [0.05, 0.1) is 18.5 Å². The Labute approximate surface area is 57.7 Å². The Morgan fingerprint density at radius 1 is 1.67 bits per heavy atom. The standard InChI is InChI=1S/C5H12O3S/c1-5(2)8-3-4-9(6)7/h5H,3-4H2,1-2H3,(H,6,7). The van der Waals surface area contributed by atoms with Crippen LogP contribution in [0.1, 0.15) is 13.8 Å². The van der Waals surface area contributed by atoms with Gasteiger partial charge in [0.25, 0.3) is 0 Å². The van der Waals surface area contributed by atoms with Gasteiger partial charge < -0.3 is 9.29 Å². The molecule has 0 rings (SSSR count). The van der Waals surface area contributed by atoms with Crippen LogP contribution in [0.3, 0.4) is 0 Å². The van der Waals surface area contributed by atoms with Gasteiger partial charge >= 0.3 is 0 Å². The first-order chi connectivity index (χ1) is 4.13. The lowest BCUT2D eigenvalue weighted by molar-refractivity contribution is 0.0911. The van der Waals surface area contributed by atoms with Crippen molar-refractivity contribution in [1.82, 2.24) is 0 Å². The molecule has 0 aromatic rings. The number of ether oxygens (including phenoxy) is 1. The van der Waals surface area contributed by atoms with Gasteiger partial charge in [0, 0.05) is 0 Å². The molecule has 56 valence electrons. The zero-order valence-corrected chi connectivity index (χ0v) is 6.48. The molecule has 9 heavy (non-hydrogen) atoms. The summed E-state index contributed by atoms with van der Waals surface area (Å²) in [6.07, 6.45) is 0.147. The van der Waals surface area contributed by atoms with E-state index in [1.807, 2.05) is 13.8 Å². The van der Waals surface area contributed by atoms with Crippen molar-refractivity contribution >= 4 is 11.1 Å². The smallest absolute Gasteiger partial charge is 0.155 e. The van der Waals surface area contributed by atoms with Gasteiger partial charge in [0.15, 0.2) is 11.1 Å². The van der Waals surface area contributed by atoms with Crippen LogP contribution >= 0.6 is 0 Å². The Kier molecular flexibility index (Phi) is 4.94. The molecule has 0 radical (unpaired) electrons. The molecular formula is C5H12O3S. The first-order valence-electron chi connectivity index (χ1n) is 2.82. The van der Waals surface area contributed by atoms with Crippen molar-refractivity contribution in [3.8, 4) is 0 Å². The molecule has 0 bridgehead atoms. The average molecular weight is 152 g/mol. The highest BCUT2D eigenvalue weighted by molar-refractivity contribution is 7.79. The third kappa shape index (κ3) is 8.07. The van der Waals surface area contributed by atoms with Crippen LogP contribution in [0, 0.1) is 0 Å². The molecule has 0 aliphatic rings. The van der Waals surface area contributed by atoms with E-state index in [0.29, 0.717) is 6.61 Å². The van der Waals surface area contributed by atoms with E-state index in [0.717, 1.165) is 0 Å². The second kappa shape index (κ2) is 4.90. The molecule has 0 fully saturated rings. The van der Waals surface area contributed by atoms with Crippen LogP contribution < -0.4 is 0 Å². The minimum atomic E-state index is -1.71. The molecule has 1 N–H and O–H groups in total.